The van der Waals surface area contributed by atoms with Crippen LogP contribution in [0.5, 0.6) is 11.5 Å². The fourth-order valence-corrected chi connectivity index (χ4v) is 5.33. The molecule has 1 unspecified atom stereocenters. The van der Waals surface area contributed by atoms with Crippen molar-refractivity contribution < 1.29 is 27.5 Å². The van der Waals surface area contributed by atoms with Crippen molar-refractivity contribution in [1.29, 1.82) is 0 Å². The van der Waals surface area contributed by atoms with E-state index in [0.717, 1.165) is 41.8 Å². The Hall–Kier alpha value is -3.27. The van der Waals surface area contributed by atoms with Gasteiger partial charge in [0.2, 0.25) is 21.8 Å². The molecule has 0 bridgehead atoms. The fourth-order valence-electron chi connectivity index (χ4n) is 4.48. The summed E-state index contributed by atoms with van der Waals surface area (Å²) in [6.45, 7) is 3.44. The quantitative estimate of drug-likeness (QED) is 0.451. The van der Waals surface area contributed by atoms with E-state index in [0.29, 0.717) is 18.1 Å². The number of carbonyl (C=O) groups is 2. The van der Waals surface area contributed by atoms with Gasteiger partial charge in [0.05, 0.1) is 25.7 Å². The minimum atomic E-state index is -3.85. The monoisotopic (exact) mass is 531 g/mol. The van der Waals surface area contributed by atoms with E-state index >= 15 is 0 Å². The van der Waals surface area contributed by atoms with Crippen LogP contribution in [0.4, 0.5) is 5.69 Å². The summed E-state index contributed by atoms with van der Waals surface area (Å²) in [5.41, 5.74) is 1.03. The SMILES string of the molecule is CCOc1ccccc1N(CC(=O)N(Cc1cccc(OC)c1)C(C)C(=O)NC1CCCC1)S(C)(=O)=O. The lowest BCUT2D eigenvalue weighted by Gasteiger charge is -2.32. The molecule has 0 aliphatic heterocycles. The van der Waals surface area contributed by atoms with E-state index in [9.17, 15) is 18.0 Å². The third-order valence-electron chi connectivity index (χ3n) is 6.47. The van der Waals surface area contributed by atoms with Gasteiger partial charge in [-0.1, -0.05) is 37.1 Å². The van der Waals surface area contributed by atoms with E-state index < -0.39 is 28.5 Å². The van der Waals surface area contributed by atoms with Gasteiger partial charge in [0, 0.05) is 12.6 Å². The molecule has 1 fully saturated rings. The lowest BCUT2D eigenvalue weighted by Crippen LogP contribution is -2.52. The first-order valence-electron chi connectivity index (χ1n) is 12.6. The highest BCUT2D eigenvalue weighted by Gasteiger charge is 2.32. The number of carbonyl (C=O) groups excluding carboxylic acids is 2. The van der Waals surface area contributed by atoms with Crippen LogP contribution in [-0.2, 0) is 26.2 Å². The van der Waals surface area contributed by atoms with E-state index in [1.54, 1.807) is 63.4 Å². The summed E-state index contributed by atoms with van der Waals surface area (Å²) in [7, 11) is -2.30. The van der Waals surface area contributed by atoms with Crippen molar-refractivity contribution in [3.8, 4) is 11.5 Å². The molecule has 0 saturated heterocycles. The number of ether oxygens (including phenoxy) is 2. The van der Waals surface area contributed by atoms with Gasteiger partial charge in [-0.25, -0.2) is 8.42 Å². The molecule has 2 aromatic rings. The van der Waals surface area contributed by atoms with E-state index in [1.807, 2.05) is 6.07 Å². The van der Waals surface area contributed by atoms with Crippen molar-refractivity contribution in [2.24, 2.45) is 0 Å². The van der Waals surface area contributed by atoms with Crippen LogP contribution >= 0.6 is 0 Å². The number of benzene rings is 2. The Morgan fingerprint density at radius 2 is 1.81 bits per heavy atom. The molecule has 1 aliphatic rings. The third kappa shape index (κ3) is 7.61. The predicted molar refractivity (Wildman–Crippen MR) is 143 cm³/mol. The molecule has 0 aromatic heterocycles. The highest BCUT2D eigenvalue weighted by Crippen LogP contribution is 2.30. The molecule has 1 saturated carbocycles. The normalized spacial score (nSPS) is 14.6. The maximum Gasteiger partial charge on any atom is 0.244 e. The number of nitrogens with one attached hydrogen (secondary N) is 1. The number of methoxy groups -OCH3 is 1. The van der Waals surface area contributed by atoms with Crippen LogP contribution in [0.25, 0.3) is 0 Å². The van der Waals surface area contributed by atoms with Gasteiger partial charge in [0.15, 0.2) is 0 Å². The van der Waals surface area contributed by atoms with Gasteiger partial charge >= 0.3 is 0 Å². The van der Waals surface area contributed by atoms with Crippen LogP contribution in [0, 0.1) is 0 Å². The van der Waals surface area contributed by atoms with E-state index in [2.05, 4.69) is 5.32 Å². The first kappa shape index (κ1) is 28.3. The zero-order chi connectivity index (χ0) is 27.0. The van der Waals surface area contributed by atoms with E-state index in [4.69, 9.17) is 9.47 Å². The Morgan fingerprint density at radius 3 is 2.46 bits per heavy atom. The second-order valence-corrected chi connectivity index (χ2v) is 11.1. The molecule has 0 spiro atoms. The van der Waals surface area contributed by atoms with E-state index in [-0.39, 0.29) is 24.2 Å². The van der Waals surface area contributed by atoms with Crippen molar-refractivity contribution in [2.45, 2.75) is 58.2 Å². The van der Waals surface area contributed by atoms with Gasteiger partial charge < -0.3 is 19.7 Å². The van der Waals surface area contributed by atoms with Crippen LogP contribution in [0.15, 0.2) is 48.5 Å². The van der Waals surface area contributed by atoms with Crippen LogP contribution in [-0.4, -0.2) is 63.7 Å². The summed E-state index contributed by atoms with van der Waals surface area (Å²) in [6.07, 6.45) is 5.00. The smallest absolute Gasteiger partial charge is 0.244 e. The second kappa shape index (κ2) is 12.8. The number of nitrogens with zero attached hydrogens (tertiary/aromatic N) is 2. The first-order valence-corrected chi connectivity index (χ1v) is 14.4. The number of amides is 2. The largest absolute Gasteiger partial charge is 0.497 e. The minimum Gasteiger partial charge on any atom is -0.497 e. The molecule has 3 rings (SSSR count). The maximum absolute atomic E-state index is 13.8. The Labute approximate surface area is 219 Å². The molecule has 9 nitrogen and oxygen atoms in total. The molecule has 10 heteroatoms. The number of sulfonamides is 1. The van der Waals surface area contributed by atoms with Crippen LogP contribution in [0.1, 0.15) is 45.1 Å². The average Bonchev–Trinajstić information content (AvgIpc) is 3.38. The Bertz CT molecular complexity index is 1180. The molecular weight excluding hydrogens is 494 g/mol. The van der Waals surface area contributed by atoms with Crippen LogP contribution in [0.2, 0.25) is 0 Å². The summed E-state index contributed by atoms with van der Waals surface area (Å²) in [6, 6.07) is 13.2. The molecule has 0 heterocycles. The van der Waals surface area contributed by atoms with Gasteiger partial charge in [-0.15, -0.1) is 0 Å². The lowest BCUT2D eigenvalue weighted by atomic mass is 10.1. The summed E-state index contributed by atoms with van der Waals surface area (Å²) in [4.78, 5) is 28.3. The summed E-state index contributed by atoms with van der Waals surface area (Å²) < 4.78 is 37.6. The Kier molecular flexibility index (Phi) is 9.79. The van der Waals surface area contributed by atoms with Gasteiger partial charge in [0.1, 0.15) is 24.1 Å². The molecule has 37 heavy (non-hydrogen) atoms. The van der Waals surface area contributed by atoms with Crippen molar-refractivity contribution in [2.75, 3.05) is 30.8 Å². The summed E-state index contributed by atoms with van der Waals surface area (Å²) in [5, 5.41) is 3.05. The van der Waals surface area contributed by atoms with Gasteiger partial charge in [-0.05, 0) is 56.5 Å². The predicted octanol–water partition coefficient (Wildman–Crippen LogP) is 3.34. The third-order valence-corrected chi connectivity index (χ3v) is 7.60. The van der Waals surface area contributed by atoms with Crippen molar-refractivity contribution in [1.82, 2.24) is 10.2 Å². The standard InChI is InChI=1S/C27H37N3O6S/c1-5-36-25-16-9-8-15-24(25)30(37(4,33)34)19-26(31)29(18-21-11-10-14-23(17-21)35-3)20(2)27(32)28-22-12-6-7-13-22/h8-11,14-17,20,22H,5-7,12-13,18-19H2,1-4H3,(H,28,32). The molecule has 1 aliphatic carbocycles. The molecule has 2 aromatic carbocycles. The van der Waals surface area contributed by atoms with Gasteiger partial charge in [-0.2, -0.15) is 0 Å². The van der Waals surface area contributed by atoms with Gasteiger partial charge in [-0.3, -0.25) is 13.9 Å². The maximum atomic E-state index is 13.8. The first-order chi connectivity index (χ1) is 17.6. The number of para-hydroxylation sites is 2. The minimum absolute atomic E-state index is 0.0920. The Morgan fingerprint density at radius 1 is 1.11 bits per heavy atom. The zero-order valence-electron chi connectivity index (χ0n) is 22.0. The highest BCUT2D eigenvalue weighted by molar-refractivity contribution is 7.92. The second-order valence-electron chi connectivity index (χ2n) is 9.21. The van der Waals surface area contributed by atoms with Crippen molar-refractivity contribution in [3.63, 3.8) is 0 Å². The number of hydrogen-bond acceptors (Lipinski definition) is 6. The van der Waals surface area contributed by atoms with Crippen LogP contribution < -0.4 is 19.1 Å². The number of rotatable bonds is 12. The van der Waals surface area contributed by atoms with E-state index in [1.165, 1.54) is 4.90 Å². The highest BCUT2D eigenvalue weighted by atomic mass is 32.2. The molecule has 202 valence electrons. The van der Waals surface area contributed by atoms with Crippen molar-refractivity contribution in [3.05, 3.63) is 54.1 Å². The zero-order valence-corrected chi connectivity index (χ0v) is 22.8. The molecular formula is C27H37N3O6S. The Balaban J connectivity index is 1.92. The lowest BCUT2D eigenvalue weighted by molar-refractivity contribution is -0.139. The number of hydrogen-bond donors (Lipinski definition) is 1. The molecule has 0 radical (unpaired) electrons. The van der Waals surface area contributed by atoms with Crippen molar-refractivity contribution >= 4 is 27.5 Å². The van der Waals surface area contributed by atoms with Gasteiger partial charge in [0.25, 0.3) is 0 Å². The van der Waals surface area contributed by atoms with Crippen LogP contribution in [0.3, 0.4) is 0 Å². The summed E-state index contributed by atoms with van der Waals surface area (Å²) >= 11 is 0. The average molecular weight is 532 g/mol. The fraction of sp³-hybridized carbons (Fsp3) is 0.481. The topological polar surface area (TPSA) is 105 Å². The number of anilines is 1. The molecule has 2 amide bonds. The molecule has 1 atom stereocenters. The molecule has 1 N–H and O–H groups in total. The summed E-state index contributed by atoms with van der Waals surface area (Å²) in [5.74, 6) is 0.211.